The van der Waals surface area contributed by atoms with Gasteiger partial charge in [0.1, 0.15) is 5.15 Å². The summed E-state index contributed by atoms with van der Waals surface area (Å²) in [5.41, 5.74) is 0.473. The van der Waals surface area contributed by atoms with E-state index in [0.717, 1.165) is 32.4 Å². The number of hydrogen-bond acceptors (Lipinski definition) is 3. The Kier molecular flexibility index (Phi) is 5.16. The lowest BCUT2D eigenvalue weighted by Gasteiger charge is -2.32. The molecule has 1 aromatic rings. The number of nitrogens with zero attached hydrogens (tertiary/aromatic N) is 2. The second kappa shape index (κ2) is 6.87. The van der Waals surface area contributed by atoms with E-state index in [-0.39, 0.29) is 17.2 Å². The monoisotopic (exact) mass is 282 g/mol. The number of ether oxygens (including phenoxy) is 1. The van der Waals surface area contributed by atoms with Gasteiger partial charge in [-0.05, 0) is 31.4 Å². The number of halogens is 1. The van der Waals surface area contributed by atoms with E-state index in [0.29, 0.717) is 12.1 Å². The van der Waals surface area contributed by atoms with Crippen LogP contribution >= 0.6 is 11.6 Å². The van der Waals surface area contributed by atoms with E-state index in [4.69, 9.17) is 16.3 Å². The van der Waals surface area contributed by atoms with Gasteiger partial charge >= 0.3 is 0 Å². The van der Waals surface area contributed by atoms with Crippen LogP contribution in [0.4, 0.5) is 0 Å². The minimum atomic E-state index is -0.0529. The summed E-state index contributed by atoms with van der Waals surface area (Å²) in [6.45, 7) is 4.24. The minimum Gasteiger partial charge on any atom is -0.376 e. The highest BCUT2D eigenvalue weighted by atomic mass is 35.5. The van der Waals surface area contributed by atoms with Gasteiger partial charge < -0.3 is 9.64 Å². The van der Waals surface area contributed by atoms with E-state index >= 15 is 0 Å². The van der Waals surface area contributed by atoms with Crippen molar-refractivity contribution in [1.29, 1.82) is 0 Å². The first kappa shape index (κ1) is 14.3. The Balaban J connectivity index is 2.01. The van der Waals surface area contributed by atoms with Crippen LogP contribution in [0.15, 0.2) is 18.3 Å². The van der Waals surface area contributed by atoms with Crippen LogP contribution < -0.4 is 0 Å². The zero-order valence-electron chi connectivity index (χ0n) is 11.1. The number of aromatic nitrogens is 1. The second-order valence-corrected chi connectivity index (χ2v) is 5.09. The molecule has 0 radical (unpaired) electrons. The molecule has 0 bridgehead atoms. The average Bonchev–Trinajstić information content (AvgIpc) is 2.45. The third-order valence-electron chi connectivity index (χ3n) is 3.21. The fourth-order valence-corrected chi connectivity index (χ4v) is 2.46. The van der Waals surface area contributed by atoms with Gasteiger partial charge in [0.05, 0.1) is 11.7 Å². The van der Waals surface area contributed by atoms with Gasteiger partial charge in [-0.25, -0.2) is 4.98 Å². The van der Waals surface area contributed by atoms with Crippen molar-refractivity contribution in [2.75, 3.05) is 19.7 Å². The fourth-order valence-electron chi connectivity index (χ4n) is 2.26. The Morgan fingerprint density at radius 1 is 1.63 bits per heavy atom. The lowest BCUT2D eigenvalue weighted by molar-refractivity contribution is 0.00210. The lowest BCUT2D eigenvalue weighted by atomic mass is 10.1. The summed E-state index contributed by atoms with van der Waals surface area (Å²) in [6, 6.07) is 3.45. The number of rotatable bonds is 4. The topological polar surface area (TPSA) is 42.4 Å². The van der Waals surface area contributed by atoms with Crippen molar-refractivity contribution in [3.8, 4) is 0 Å². The van der Waals surface area contributed by atoms with Crippen molar-refractivity contribution in [3.05, 3.63) is 29.0 Å². The Labute approximate surface area is 118 Å². The maximum Gasteiger partial charge on any atom is 0.257 e. The molecule has 0 aromatic carbocycles. The third-order valence-corrected chi connectivity index (χ3v) is 3.51. The fraction of sp³-hybridized carbons (Fsp3) is 0.571. The number of likely N-dealkylation sites (tertiary alicyclic amines) is 1. The summed E-state index contributed by atoms with van der Waals surface area (Å²) in [4.78, 5) is 18.1. The standard InChI is InChI=1S/C14H19ClN2O2/c1-2-9-19-11-5-4-8-17(10-11)14(18)12-6-3-7-16-13(12)15/h3,6-7,11H,2,4-5,8-10H2,1H3. The zero-order valence-corrected chi connectivity index (χ0v) is 11.9. The molecule has 2 rings (SSSR count). The number of carbonyl (C=O) groups excluding carboxylic acids is 1. The van der Waals surface area contributed by atoms with E-state index < -0.39 is 0 Å². The molecule has 0 spiro atoms. The molecule has 1 unspecified atom stereocenters. The van der Waals surface area contributed by atoms with Crippen molar-refractivity contribution in [2.24, 2.45) is 0 Å². The number of hydrogen-bond donors (Lipinski definition) is 0. The molecule has 1 aliphatic heterocycles. The molecule has 1 amide bonds. The highest BCUT2D eigenvalue weighted by Gasteiger charge is 2.26. The van der Waals surface area contributed by atoms with E-state index in [2.05, 4.69) is 11.9 Å². The van der Waals surface area contributed by atoms with Gasteiger partial charge in [0.15, 0.2) is 0 Å². The van der Waals surface area contributed by atoms with Crippen LogP contribution in [0.25, 0.3) is 0 Å². The van der Waals surface area contributed by atoms with Crippen molar-refractivity contribution >= 4 is 17.5 Å². The van der Waals surface area contributed by atoms with Crippen molar-refractivity contribution in [1.82, 2.24) is 9.88 Å². The second-order valence-electron chi connectivity index (χ2n) is 4.73. The summed E-state index contributed by atoms with van der Waals surface area (Å²) in [5.74, 6) is -0.0529. The van der Waals surface area contributed by atoms with Crippen LogP contribution in [0.1, 0.15) is 36.5 Å². The quantitative estimate of drug-likeness (QED) is 0.798. The molecule has 1 saturated heterocycles. The van der Waals surface area contributed by atoms with Gasteiger partial charge in [0, 0.05) is 25.9 Å². The first-order chi connectivity index (χ1) is 9.22. The molecule has 1 fully saturated rings. The van der Waals surface area contributed by atoms with Gasteiger partial charge in [-0.15, -0.1) is 0 Å². The highest BCUT2D eigenvalue weighted by Crippen LogP contribution is 2.19. The molecular formula is C14H19ClN2O2. The molecule has 104 valence electrons. The van der Waals surface area contributed by atoms with Gasteiger partial charge in [0.25, 0.3) is 5.91 Å². The largest absolute Gasteiger partial charge is 0.376 e. The maximum atomic E-state index is 12.4. The van der Waals surface area contributed by atoms with Crippen LogP contribution in [0.3, 0.4) is 0 Å². The van der Waals surface area contributed by atoms with Gasteiger partial charge in [0.2, 0.25) is 0 Å². The average molecular weight is 283 g/mol. The van der Waals surface area contributed by atoms with E-state index in [1.54, 1.807) is 18.3 Å². The minimum absolute atomic E-state index is 0.0529. The van der Waals surface area contributed by atoms with Gasteiger partial charge in [-0.2, -0.15) is 0 Å². The molecule has 0 saturated carbocycles. The highest BCUT2D eigenvalue weighted by molar-refractivity contribution is 6.32. The predicted octanol–water partition coefficient (Wildman–Crippen LogP) is 2.77. The number of carbonyl (C=O) groups is 1. The molecule has 4 nitrogen and oxygen atoms in total. The maximum absolute atomic E-state index is 12.4. The number of amides is 1. The predicted molar refractivity (Wildman–Crippen MR) is 74.4 cm³/mol. The molecule has 1 atom stereocenters. The Morgan fingerprint density at radius 2 is 2.47 bits per heavy atom. The van der Waals surface area contributed by atoms with Crippen LogP contribution in [0.5, 0.6) is 0 Å². The Hall–Kier alpha value is -1.13. The molecule has 19 heavy (non-hydrogen) atoms. The van der Waals surface area contributed by atoms with E-state index in [1.807, 2.05) is 4.90 Å². The van der Waals surface area contributed by atoms with Crippen molar-refractivity contribution in [2.45, 2.75) is 32.3 Å². The summed E-state index contributed by atoms with van der Waals surface area (Å²) >= 11 is 5.97. The van der Waals surface area contributed by atoms with Crippen LogP contribution in [-0.2, 0) is 4.74 Å². The lowest BCUT2D eigenvalue weighted by Crippen LogP contribution is -2.43. The zero-order chi connectivity index (χ0) is 13.7. The first-order valence-corrected chi connectivity index (χ1v) is 7.11. The molecule has 5 heteroatoms. The molecule has 0 aliphatic carbocycles. The van der Waals surface area contributed by atoms with Gasteiger partial charge in [-0.3, -0.25) is 4.79 Å². The van der Waals surface area contributed by atoms with Crippen LogP contribution in [0, 0.1) is 0 Å². The molecule has 1 aromatic heterocycles. The van der Waals surface area contributed by atoms with Gasteiger partial charge in [-0.1, -0.05) is 18.5 Å². The first-order valence-electron chi connectivity index (χ1n) is 6.73. The third kappa shape index (κ3) is 3.67. The summed E-state index contributed by atoms with van der Waals surface area (Å²) in [5, 5.41) is 0.268. The van der Waals surface area contributed by atoms with Crippen LogP contribution in [-0.4, -0.2) is 41.6 Å². The van der Waals surface area contributed by atoms with E-state index in [9.17, 15) is 4.79 Å². The van der Waals surface area contributed by atoms with Crippen molar-refractivity contribution in [3.63, 3.8) is 0 Å². The SMILES string of the molecule is CCCOC1CCCN(C(=O)c2cccnc2Cl)C1. The number of pyridine rings is 1. The van der Waals surface area contributed by atoms with E-state index in [1.165, 1.54) is 0 Å². The Bertz CT molecular complexity index is 439. The summed E-state index contributed by atoms with van der Waals surface area (Å²) in [6.07, 6.45) is 4.72. The van der Waals surface area contributed by atoms with Crippen molar-refractivity contribution < 1.29 is 9.53 Å². The van der Waals surface area contributed by atoms with Crippen LogP contribution in [0.2, 0.25) is 5.15 Å². The molecule has 0 N–H and O–H groups in total. The smallest absolute Gasteiger partial charge is 0.257 e. The normalized spacial score (nSPS) is 19.5. The number of piperidine rings is 1. The molecule has 2 heterocycles. The summed E-state index contributed by atoms with van der Waals surface area (Å²) in [7, 11) is 0. The molecular weight excluding hydrogens is 264 g/mol. The molecule has 1 aliphatic rings. The summed E-state index contributed by atoms with van der Waals surface area (Å²) < 4.78 is 5.74. The Morgan fingerprint density at radius 3 is 3.21 bits per heavy atom.